The second-order valence-corrected chi connectivity index (χ2v) is 8.49. The molecule has 11 heteroatoms. The van der Waals surface area contributed by atoms with Crippen molar-refractivity contribution in [3.8, 4) is 12.3 Å². The van der Waals surface area contributed by atoms with E-state index in [0.29, 0.717) is 0 Å². The average Bonchev–Trinajstić information content (AvgIpc) is 3.57. The normalized spacial score (nSPS) is 15.6. The minimum atomic E-state index is -3.04. The van der Waals surface area contributed by atoms with E-state index in [-0.39, 0.29) is 45.4 Å². The second kappa shape index (κ2) is 8.41. The monoisotopic (exact) mass is 526 g/mol. The van der Waals surface area contributed by atoms with Crippen LogP contribution in [-0.4, -0.2) is 21.0 Å². The maximum atomic E-state index is 14.7. The predicted octanol–water partition coefficient (Wildman–Crippen LogP) is 5.48. The lowest BCUT2D eigenvalue weighted by molar-refractivity contribution is 0.0653. The van der Waals surface area contributed by atoms with Crippen LogP contribution in [0, 0.1) is 25.1 Å². The molecule has 1 aliphatic rings. The summed E-state index contributed by atoms with van der Waals surface area (Å²) in [5, 5.41) is 3.00. The lowest BCUT2D eigenvalue weighted by Gasteiger charge is -2.21. The fourth-order valence-electron chi connectivity index (χ4n) is 3.70. The van der Waals surface area contributed by atoms with Crippen molar-refractivity contribution in [2.45, 2.75) is 44.2 Å². The molecule has 0 bridgehead atoms. The molecule has 0 amide bonds. The molecule has 1 atom stereocenters. The standard InChI is InChI=1S/C22H16BrF5N4O/c1-3-14(11-5-4-6-12(16(11)24)18(25)26)31-19-13-9-32(22(7-8-22)21(27)28)20(33)15(23)17(13)29-10(2)30-19/h1,4-6,9,14,18,21H,7-8H2,2H3,(H,29,30,31)/t14-/m1/s1. The molecule has 172 valence electrons. The van der Waals surface area contributed by atoms with Gasteiger partial charge in [0, 0.05) is 11.8 Å². The van der Waals surface area contributed by atoms with Gasteiger partial charge < -0.3 is 9.88 Å². The Morgan fingerprint density at radius 1 is 1.21 bits per heavy atom. The van der Waals surface area contributed by atoms with Crippen LogP contribution in [-0.2, 0) is 5.54 Å². The molecule has 2 aromatic heterocycles. The van der Waals surface area contributed by atoms with Gasteiger partial charge in [-0.1, -0.05) is 24.1 Å². The molecule has 0 radical (unpaired) electrons. The van der Waals surface area contributed by atoms with Crippen molar-refractivity contribution < 1.29 is 22.0 Å². The van der Waals surface area contributed by atoms with Gasteiger partial charge in [-0.15, -0.1) is 6.42 Å². The van der Waals surface area contributed by atoms with Gasteiger partial charge in [-0.2, -0.15) is 0 Å². The lowest BCUT2D eigenvalue weighted by Crippen LogP contribution is -2.36. The van der Waals surface area contributed by atoms with Crippen molar-refractivity contribution in [1.29, 1.82) is 0 Å². The van der Waals surface area contributed by atoms with Crippen molar-refractivity contribution in [2.75, 3.05) is 5.32 Å². The molecular weight excluding hydrogens is 511 g/mol. The molecule has 0 spiro atoms. The number of benzene rings is 1. The molecular formula is C22H16BrF5N4O. The number of aromatic nitrogens is 3. The Hall–Kier alpha value is -3.00. The van der Waals surface area contributed by atoms with Crippen LogP contribution < -0.4 is 10.9 Å². The number of nitrogens with one attached hydrogen (secondary N) is 1. The van der Waals surface area contributed by atoms with Gasteiger partial charge in [-0.05, 0) is 35.7 Å². The molecule has 0 saturated heterocycles. The third kappa shape index (κ3) is 3.86. The summed E-state index contributed by atoms with van der Waals surface area (Å²) in [7, 11) is 0. The zero-order chi connectivity index (χ0) is 24.1. The zero-order valence-corrected chi connectivity index (χ0v) is 18.6. The van der Waals surface area contributed by atoms with Crippen LogP contribution in [0.3, 0.4) is 0 Å². The summed E-state index contributed by atoms with van der Waals surface area (Å²) in [4.78, 5) is 21.3. The Morgan fingerprint density at radius 3 is 2.45 bits per heavy atom. The average molecular weight is 527 g/mol. The van der Waals surface area contributed by atoms with Crippen LogP contribution in [0.5, 0.6) is 0 Å². The van der Waals surface area contributed by atoms with Gasteiger partial charge in [0.1, 0.15) is 33.5 Å². The van der Waals surface area contributed by atoms with E-state index in [1.807, 2.05) is 0 Å². The van der Waals surface area contributed by atoms with Crippen molar-refractivity contribution >= 4 is 32.7 Å². The molecule has 1 N–H and O–H groups in total. The molecule has 1 fully saturated rings. The maximum absolute atomic E-state index is 14.7. The number of fused-ring (bicyclic) bond motifs is 1. The van der Waals surface area contributed by atoms with Gasteiger partial charge in [0.25, 0.3) is 18.4 Å². The van der Waals surface area contributed by atoms with Crippen molar-refractivity contribution in [3.63, 3.8) is 0 Å². The highest BCUT2D eigenvalue weighted by atomic mass is 79.9. The lowest BCUT2D eigenvalue weighted by atomic mass is 10.0. The van der Waals surface area contributed by atoms with Crippen LogP contribution in [0.2, 0.25) is 0 Å². The number of alkyl halides is 4. The maximum Gasteiger partial charge on any atom is 0.267 e. The summed E-state index contributed by atoms with van der Waals surface area (Å²) in [5.74, 6) is 1.40. The number of hydrogen-bond acceptors (Lipinski definition) is 4. The predicted molar refractivity (Wildman–Crippen MR) is 116 cm³/mol. The number of terminal acetylenes is 1. The minimum absolute atomic E-state index is 0.0383. The largest absolute Gasteiger partial charge is 0.352 e. The number of pyridine rings is 1. The molecule has 1 saturated carbocycles. The Kier molecular flexibility index (Phi) is 5.90. The third-order valence-electron chi connectivity index (χ3n) is 5.63. The molecule has 0 aliphatic heterocycles. The van der Waals surface area contributed by atoms with E-state index in [2.05, 4.69) is 37.1 Å². The van der Waals surface area contributed by atoms with Crippen LogP contribution >= 0.6 is 15.9 Å². The first-order valence-electron chi connectivity index (χ1n) is 9.78. The topological polar surface area (TPSA) is 59.8 Å². The van der Waals surface area contributed by atoms with Crippen molar-refractivity contribution in [3.05, 3.63) is 62.0 Å². The Morgan fingerprint density at radius 2 is 1.88 bits per heavy atom. The minimum Gasteiger partial charge on any atom is -0.352 e. The van der Waals surface area contributed by atoms with Crippen LogP contribution in [0.25, 0.3) is 10.9 Å². The summed E-state index contributed by atoms with van der Waals surface area (Å²) >= 11 is 3.15. The molecule has 2 heterocycles. The van der Waals surface area contributed by atoms with Gasteiger partial charge in [-0.25, -0.2) is 31.9 Å². The van der Waals surface area contributed by atoms with Gasteiger partial charge in [0.2, 0.25) is 0 Å². The number of aryl methyl sites for hydroxylation is 1. The first kappa shape index (κ1) is 23.2. The first-order valence-corrected chi connectivity index (χ1v) is 10.6. The van der Waals surface area contributed by atoms with Gasteiger partial charge in [0.05, 0.1) is 16.5 Å². The van der Waals surface area contributed by atoms with E-state index in [4.69, 9.17) is 6.42 Å². The highest BCUT2D eigenvalue weighted by Gasteiger charge is 2.53. The fourth-order valence-corrected chi connectivity index (χ4v) is 4.20. The number of hydrogen-bond donors (Lipinski definition) is 1. The van der Waals surface area contributed by atoms with Crippen LogP contribution in [0.15, 0.2) is 33.7 Å². The molecule has 3 aromatic rings. The quantitative estimate of drug-likeness (QED) is 0.341. The molecule has 1 aromatic carbocycles. The first-order chi connectivity index (χ1) is 15.6. The second-order valence-electron chi connectivity index (χ2n) is 7.70. The van der Waals surface area contributed by atoms with E-state index in [0.717, 1.165) is 10.6 Å². The number of anilines is 1. The highest BCUT2D eigenvalue weighted by Crippen LogP contribution is 2.48. The Bertz CT molecular complexity index is 1350. The van der Waals surface area contributed by atoms with E-state index in [1.54, 1.807) is 0 Å². The molecule has 1 aliphatic carbocycles. The van der Waals surface area contributed by atoms with Gasteiger partial charge >= 0.3 is 0 Å². The Balaban J connectivity index is 1.88. The highest BCUT2D eigenvalue weighted by molar-refractivity contribution is 9.10. The summed E-state index contributed by atoms with van der Waals surface area (Å²) in [6, 6.07) is 2.25. The zero-order valence-electron chi connectivity index (χ0n) is 17.1. The van der Waals surface area contributed by atoms with E-state index in [9.17, 15) is 26.7 Å². The summed E-state index contributed by atoms with van der Waals surface area (Å²) in [6.45, 7) is 1.53. The van der Waals surface area contributed by atoms with E-state index in [1.165, 1.54) is 25.3 Å². The summed E-state index contributed by atoms with van der Waals surface area (Å²) in [5.41, 5.74) is -3.16. The van der Waals surface area contributed by atoms with Crippen LogP contribution in [0.1, 0.15) is 42.3 Å². The number of nitrogens with zero attached hydrogens (tertiary/aromatic N) is 3. The SMILES string of the molecule is C#C[C@@H](Nc1nc(C)nc2c(Br)c(=O)n(C3(C(F)F)CC3)cc12)c1cccc(C(F)F)c1F. The van der Waals surface area contributed by atoms with Gasteiger partial charge in [0.15, 0.2) is 0 Å². The molecule has 0 unspecified atom stereocenters. The molecule has 33 heavy (non-hydrogen) atoms. The van der Waals surface area contributed by atoms with Crippen molar-refractivity contribution in [2.24, 2.45) is 0 Å². The number of halogens is 6. The number of rotatable bonds is 6. The third-order valence-corrected chi connectivity index (χ3v) is 6.35. The van der Waals surface area contributed by atoms with E-state index < -0.39 is 41.4 Å². The summed E-state index contributed by atoms with van der Waals surface area (Å²) in [6.07, 6.45) is 1.21. The fraction of sp³-hybridized carbons (Fsp3) is 0.318. The van der Waals surface area contributed by atoms with Gasteiger partial charge in [-0.3, -0.25) is 4.79 Å². The molecule has 4 rings (SSSR count). The van der Waals surface area contributed by atoms with E-state index >= 15 is 0 Å². The van der Waals surface area contributed by atoms with Crippen LogP contribution in [0.4, 0.5) is 27.8 Å². The Labute approximate surface area is 193 Å². The van der Waals surface area contributed by atoms with Crippen molar-refractivity contribution in [1.82, 2.24) is 14.5 Å². The molecule has 5 nitrogen and oxygen atoms in total. The summed E-state index contributed by atoms with van der Waals surface area (Å²) < 4.78 is 69.3. The smallest absolute Gasteiger partial charge is 0.267 e.